The molecule has 1 aliphatic rings. The average Bonchev–Trinajstić information content (AvgIpc) is 2.85. The summed E-state index contributed by atoms with van der Waals surface area (Å²) in [4.78, 5) is 0. The number of nitrogens with one attached hydrogen (secondary N) is 1. The van der Waals surface area contributed by atoms with Crippen LogP contribution in [0.2, 0.25) is 0 Å². The van der Waals surface area contributed by atoms with Gasteiger partial charge in [0.25, 0.3) is 0 Å². The monoisotopic (exact) mass is 251 g/mol. The predicted molar refractivity (Wildman–Crippen MR) is 77.9 cm³/mol. The molecule has 2 aromatic rings. The Kier molecular flexibility index (Phi) is 3.10. The first kappa shape index (κ1) is 12.0. The normalized spacial score (nSPS) is 22.3. The zero-order chi connectivity index (χ0) is 13.2. The number of benzene rings is 2. The van der Waals surface area contributed by atoms with Crippen LogP contribution in [-0.4, -0.2) is 12.1 Å². The number of nitrogens with two attached hydrogens (primary N) is 1. The van der Waals surface area contributed by atoms with Crippen LogP contribution in [-0.2, 0) is 0 Å². The van der Waals surface area contributed by atoms with E-state index in [0.717, 1.165) is 34.9 Å². The number of rotatable bonds is 2. The highest BCUT2D eigenvalue weighted by Crippen LogP contribution is 2.29. The lowest BCUT2D eigenvalue weighted by atomic mass is 10.0. The van der Waals surface area contributed by atoms with Gasteiger partial charge in [-0.25, -0.2) is 0 Å². The van der Waals surface area contributed by atoms with Crippen LogP contribution in [0.1, 0.15) is 24.8 Å². The van der Waals surface area contributed by atoms with Gasteiger partial charge in [0.15, 0.2) is 0 Å². The minimum Gasteiger partial charge on any atom is -0.380 e. The minimum atomic E-state index is 0.231. The van der Waals surface area contributed by atoms with Crippen LogP contribution in [0.15, 0.2) is 36.4 Å². The SMILES string of the molecule is N#Cc1ccc(NC2CCCC2N)c2ccccc12. The van der Waals surface area contributed by atoms with E-state index < -0.39 is 0 Å². The molecule has 0 radical (unpaired) electrons. The van der Waals surface area contributed by atoms with Crippen LogP contribution in [0.5, 0.6) is 0 Å². The van der Waals surface area contributed by atoms with Gasteiger partial charge in [0, 0.05) is 28.5 Å². The van der Waals surface area contributed by atoms with E-state index in [1.54, 1.807) is 0 Å². The zero-order valence-corrected chi connectivity index (χ0v) is 10.8. The number of nitriles is 1. The minimum absolute atomic E-state index is 0.231. The molecule has 0 heterocycles. The topological polar surface area (TPSA) is 61.8 Å². The number of nitrogens with zero attached hydrogens (tertiary/aromatic N) is 1. The Balaban J connectivity index is 2.03. The number of fused-ring (bicyclic) bond motifs is 1. The molecule has 1 saturated carbocycles. The van der Waals surface area contributed by atoms with Gasteiger partial charge in [-0.2, -0.15) is 5.26 Å². The van der Waals surface area contributed by atoms with E-state index in [-0.39, 0.29) is 6.04 Å². The molecular formula is C16H17N3. The molecule has 1 fully saturated rings. The fourth-order valence-corrected chi connectivity index (χ4v) is 2.89. The first-order valence-electron chi connectivity index (χ1n) is 6.73. The van der Waals surface area contributed by atoms with Crippen molar-refractivity contribution in [2.24, 2.45) is 5.73 Å². The van der Waals surface area contributed by atoms with E-state index in [1.165, 1.54) is 6.42 Å². The first-order valence-corrected chi connectivity index (χ1v) is 6.73. The molecule has 2 atom stereocenters. The molecule has 0 aromatic heterocycles. The fourth-order valence-electron chi connectivity index (χ4n) is 2.89. The quantitative estimate of drug-likeness (QED) is 0.862. The smallest absolute Gasteiger partial charge is 0.0998 e. The molecule has 96 valence electrons. The Bertz CT molecular complexity index is 642. The summed E-state index contributed by atoms with van der Waals surface area (Å²) in [6.07, 6.45) is 3.40. The lowest BCUT2D eigenvalue weighted by molar-refractivity contribution is 0.638. The second-order valence-corrected chi connectivity index (χ2v) is 5.16. The summed E-state index contributed by atoms with van der Waals surface area (Å²) in [6, 6.07) is 14.7. The molecule has 3 N–H and O–H groups in total. The molecule has 2 aromatic carbocycles. The van der Waals surface area contributed by atoms with Crippen molar-refractivity contribution in [3.05, 3.63) is 42.0 Å². The van der Waals surface area contributed by atoms with E-state index in [9.17, 15) is 0 Å². The standard InChI is InChI=1S/C16H17N3/c17-10-11-8-9-15(13-5-2-1-4-12(11)13)19-16-7-3-6-14(16)18/h1-2,4-5,8-9,14,16,19H,3,6-7,18H2. The maximum atomic E-state index is 9.16. The van der Waals surface area contributed by atoms with E-state index in [0.29, 0.717) is 6.04 Å². The number of hydrogen-bond donors (Lipinski definition) is 2. The summed E-state index contributed by atoms with van der Waals surface area (Å²) in [5.41, 5.74) is 7.91. The van der Waals surface area contributed by atoms with Gasteiger partial charge in [0.2, 0.25) is 0 Å². The lowest BCUT2D eigenvalue weighted by Crippen LogP contribution is -2.35. The molecule has 0 aliphatic heterocycles. The van der Waals surface area contributed by atoms with E-state index in [1.807, 2.05) is 30.3 Å². The van der Waals surface area contributed by atoms with Crippen LogP contribution in [0.25, 0.3) is 10.8 Å². The van der Waals surface area contributed by atoms with Crippen molar-refractivity contribution in [1.82, 2.24) is 0 Å². The third-order valence-electron chi connectivity index (χ3n) is 3.95. The van der Waals surface area contributed by atoms with Crippen LogP contribution in [0.4, 0.5) is 5.69 Å². The van der Waals surface area contributed by atoms with Crippen molar-refractivity contribution in [3.8, 4) is 6.07 Å². The second-order valence-electron chi connectivity index (χ2n) is 5.16. The van der Waals surface area contributed by atoms with Gasteiger partial charge in [-0.05, 0) is 31.4 Å². The maximum Gasteiger partial charge on any atom is 0.0998 e. The summed E-state index contributed by atoms with van der Waals surface area (Å²) in [5.74, 6) is 0. The molecule has 1 aliphatic carbocycles. The predicted octanol–water partition coefficient (Wildman–Crippen LogP) is 3.00. The number of hydrogen-bond acceptors (Lipinski definition) is 3. The van der Waals surface area contributed by atoms with Crippen LogP contribution in [0, 0.1) is 11.3 Å². The van der Waals surface area contributed by atoms with Crippen molar-refractivity contribution >= 4 is 16.5 Å². The summed E-state index contributed by atoms with van der Waals surface area (Å²) in [5, 5.41) is 14.8. The molecule has 0 bridgehead atoms. The molecule has 2 unspecified atom stereocenters. The van der Waals surface area contributed by atoms with Gasteiger partial charge in [0.1, 0.15) is 0 Å². The molecule has 0 spiro atoms. The summed E-state index contributed by atoms with van der Waals surface area (Å²) in [6.45, 7) is 0. The molecule has 0 saturated heterocycles. The van der Waals surface area contributed by atoms with Crippen LogP contribution < -0.4 is 11.1 Å². The Morgan fingerprint density at radius 1 is 1.11 bits per heavy atom. The van der Waals surface area contributed by atoms with E-state index in [2.05, 4.69) is 17.5 Å². The lowest BCUT2D eigenvalue weighted by Gasteiger charge is -2.20. The summed E-state index contributed by atoms with van der Waals surface area (Å²) < 4.78 is 0. The molecule has 3 rings (SSSR count). The van der Waals surface area contributed by atoms with E-state index in [4.69, 9.17) is 11.0 Å². The Morgan fingerprint density at radius 2 is 1.89 bits per heavy atom. The molecule has 19 heavy (non-hydrogen) atoms. The Labute approximate surface area is 113 Å². The van der Waals surface area contributed by atoms with Gasteiger partial charge in [-0.15, -0.1) is 0 Å². The highest BCUT2D eigenvalue weighted by Gasteiger charge is 2.24. The van der Waals surface area contributed by atoms with E-state index >= 15 is 0 Å². The van der Waals surface area contributed by atoms with Gasteiger partial charge < -0.3 is 11.1 Å². The first-order chi connectivity index (χ1) is 9.29. The van der Waals surface area contributed by atoms with Gasteiger partial charge in [-0.3, -0.25) is 0 Å². The molecule has 3 heteroatoms. The second kappa shape index (κ2) is 4.91. The molecule has 0 amide bonds. The largest absolute Gasteiger partial charge is 0.380 e. The third kappa shape index (κ3) is 2.16. The summed E-state index contributed by atoms with van der Waals surface area (Å²) >= 11 is 0. The number of anilines is 1. The third-order valence-corrected chi connectivity index (χ3v) is 3.95. The fraction of sp³-hybridized carbons (Fsp3) is 0.312. The van der Waals surface area contributed by atoms with Gasteiger partial charge in [-0.1, -0.05) is 24.3 Å². The highest BCUT2D eigenvalue weighted by atomic mass is 15.0. The summed E-state index contributed by atoms with van der Waals surface area (Å²) in [7, 11) is 0. The van der Waals surface area contributed by atoms with Gasteiger partial charge >= 0.3 is 0 Å². The van der Waals surface area contributed by atoms with Crippen LogP contribution >= 0.6 is 0 Å². The average molecular weight is 251 g/mol. The van der Waals surface area contributed by atoms with Crippen molar-refractivity contribution in [1.29, 1.82) is 5.26 Å². The van der Waals surface area contributed by atoms with Crippen molar-refractivity contribution < 1.29 is 0 Å². The molecule has 3 nitrogen and oxygen atoms in total. The Morgan fingerprint density at radius 3 is 2.58 bits per heavy atom. The van der Waals surface area contributed by atoms with Crippen LogP contribution in [0.3, 0.4) is 0 Å². The highest BCUT2D eigenvalue weighted by molar-refractivity contribution is 5.97. The zero-order valence-electron chi connectivity index (χ0n) is 10.8. The van der Waals surface area contributed by atoms with Gasteiger partial charge in [0.05, 0.1) is 11.6 Å². The van der Waals surface area contributed by atoms with Crippen molar-refractivity contribution in [2.75, 3.05) is 5.32 Å². The maximum absolute atomic E-state index is 9.16. The molecular weight excluding hydrogens is 234 g/mol. The van der Waals surface area contributed by atoms with Crippen molar-refractivity contribution in [3.63, 3.8) is 0 Å². The van der Waals surface area contributed by atoms with Crippen molar-refractivity contribution in [2.45, 2.75) is 31.3 Å². The Hall–Kier alpha value is -2.05.